The summed E-state index contributed by atoms with van der Waals surface area (Å²) in [5, 5.41) is 0. The van der Waals surface area contributed by atoms with E-state index in [1.807, 2.05) is 48.5 Å². The summed E-state index contributed by atoms with van der Waals surface area (Å²) in [7, 11) is 0. The number of benzene rings is 3. The Morgan fingerprint density at radius 2 is 1.00 bits per heavy atom. The molecule has 0 atom stereocenters. The summed E-state index contributed by atoms with van der Waals surface area (Å²) in [4.78, 5) is 0. The zero-order valence-electron chi connectivity index (χ0n) is 9.93. The molecule has 0 fully saturated rings. The molecule has 0 aliphatic rings. The summed E-state index contributed by atoms with van der Waals surface area (Å²) in [6.45, 7) is 0. The Morgan fingerprint density at radius 3 is 1.44 bits per heavy atom. The molecule has 0 nitrogen and oxygen atoms in total. The van der Waals surface area contributed by atoms with Crippen LogP contribution in [0.25, 0.3) is 22.3 Å². The Kier molecular flexibility index (Phi) is 2.93. The second-order valence-electron chi connectivity index (χ2n) is 4.14. The standard InChI is InChI=1S/C18H12/c1-3-8-15(9-4-1)17-12-7-13-18(14-17)16-10-5-2-6-11-16/h1-6,8-13H. The summed E-state index contributed by atoms with van der Waals surface area (Å²) in [6.07, 6.45) is 0. The van der Waals surface area contributed by atoms with Crippen molar-refractivity contribution in [3.8, 4) is 22.3 Å². The number of hydrogen-bond acceptors (Lipinski definition) is 0. The van der Waals surface area contributed by atoms with E-state index in [4.69, 9.17) is 0 Å². The molecule has 0 heteroatoms. The van der Waals surface area contributed by atoms with Gasteiger partial charge in [0.1, 0.15) is 0 Å². The van der Waals surface area contributed by atoms with Crippen molar-refractivity contribution in [3.63, 3.8) is 0 Å². The molecule has 18 heavy (non-hydrogen) atoms. The van der Waals surface area contributed by atoms with Gasteiger partial charge in [-0.2, -0.15) is 0 Å². The molecular formula is C18H12. The van der Waals surface area contributed by atoms with Crippen LogP contribution in [0.15, 0.2) is 72.8 Å². The van der Waals surface area contributed by atoms with Crippen molar-refractivity contribution in [3.05, 3.63) is 84.9 Å². The van der Waals surface area contributed by atoms with E-state index < -0.39 is 0 Å². The van der Waals surface area contributed by atoms with Gasteiger partial charge in [-0.25, -0.2) is 0 Å². The van der Waals surface area contributed by atoms with Crippen molar-refractivity contribution in [2.75, 3.05) is 0 Å². The van der Waals surface area contributed by atoms with Crippen molar-refractivity contribution < 1.29 is 0 Å². The first kappa shape index (κ1) is 10.8. The first-order valence-corrected chi connectivity index (χ1v) is 5.98. The molecule has 3 aromatic rings. The highest BCUT2D eigenvalue weighted by Crippen LogP contribution is 2.24. The molecule has 0 spiro atoms. The van der Waals surface area contributed by atoms with Crippen LogP contribution in [0.1, 0.15) is 0 Å². The highest BCUT2D eigenvalue weighted by Gasteiger charge is 2.01. The molecule has 0 aliphatic carbocycles. The molecule has 0 N–H and O–H groups in total. The summed E-state index contributed by atoms with van der Waals surface area (Å²) in [5.74, 6) is 0. The average Bonchev–Trinajstić information content (AvgIpc) is 2.49. The molecule has 3 aromatic carbocycles. The average molecular weight is 228 g/mol. The second-order valence-corrected chi connectivity index (χ2v) is 4.14. The highest BCUT2D eigenvalue weighted by atomic mass is 14.0. The quantitative estimate of drug-likeness (QED) is 0.600. The lowest BCUT2D eigenvalue weighted by atomic mass is 9.99. The predicted molar refractivity (Wildman–Crippen MR) is 75.0 cm³/mol. The Bertz CT molecular complexity index is 570. The smallest absolute Gasteiger partial charge is 0.00139 e. The topological polar surface area (TPSA) is 0 Å². The van der Waals surface area contributed by atoms with Crippen LogP contribution in [-0.4, -0.2) is 0 Å². The van der Waals surface area contributed by atoms with E-state index >= 15 is 0 Å². The molecule has 0 saturated carbocycles. The predicted octanol–water partition coefficient (Wildman–Crippen LogP) is 4.62. The van der Waals surface area contributed by atoms with Gasteiger partial charge in [0.15, 0.2) is 0 Å². The maximum Gasteiger partial charge on any atom is -0.00139 e. The molecule has 3 rings (SSSR count). The lowest BCUT2D eigenvalue weighted by Gasteiger charge is -2.04. The SMILES string of the molecule is [c]1cc(-c2ccccc2)[c]c(-c2ccccc2)c1. The third-order valence-electron chi connectivity index (χ3n) is 2.89. The van der Waals surface area contributed by atoms with Crippen molar-refractivity contribution in [1.29, 1.82) is 0 Å². The van der Waals surface area contributed by atoms with Crippen LogP contribution in [0.2, 0.25) is 0 Å². The summed E-state index contributed by atoms with van der Waals surface area (Å²) in [6, 6.07) is 31.2. The van der Waals surface area contributed by atoms with Crippen LogP contribution in [0.4, 0.5) is 0 Å². The van der Waals surface area contributed by atoms with Crippen LogP contribution in [0, 0.1) is 12.1 Å². The summed E-state index contributed by atoms with van der Waals surface area (Å²) < 4.78 is 0. The minimum Gasteiger partial charge on any atom is -0.0622 e. The molecule has 0 unspecified atom stereocenters. The van der Waals surface area contributed by atoms with Crippen LogP contribution in [0.5, 0.6) is 0 Å². The molecular weight excluding hydrogens is 216 g/mol. The lowest BCUT2D eigenvalue weighted by molar-refractivity contribution is 1.57. The fourth-order valence-corrected chi connectivity index (χ4v) is 1.97. The number of hydrogen-bond donors (Lipinski definition) is 0. The first-order valence-electron chi connectivity index (χ1n) is 5.98. The molecule has 0 bridgehead atoms. The normalized spacial score (nSPS) is 10.2. The zero-order chi connectivity index (χ0) is 12.2. The van der Waals surface area contributed by atoms with Gasteiger partial charge in [-0.1, -0.05) is 60.7 Å². The molecule has 0 heterocycles. The van der Waals surface area contributed by atoms with Gasteiger partial charge >= 0.3 is 0 Å². The van der Waals surface area contributed by atoms with Gasteiger partial charge in [-0.05, 0) is 46.5 Å². The number of rotatable bonds is 2. The van der Waals surface area contributed by atoms with Crippen molar-refractivity contribution in [2.45, 2.75) is 0 Å². The van der Waals surface area contributed by atoms with E-state index in [-0.39, 0.29) is 0 Å². The Balaban J connectivity index is 2.05. The van der Waals surface area contributed by atoms with E-state index in [9.17, 15) is 0 Å². The third kappa shape index (κ3) is 2.18. The third-order valence-corrected chi connectivity index (χ3v) is 2.89. The highest BCUT2D eigenvalue weighted by molar-refractivity contribution is 5.71. The second kappa shape index (κ2) is 4.89. The minimum atomic E-state index is 1.08. The molecule has 0 aromatic heterocycles. The van der Waals surface area contributed by atoms with E-state index in [0.717, 1.165) is 11.1 Å². The van der Waals surface area contributed by atoms with Crippen molar-refractivity contribution in [2.24, 2.45) is 0 Å². The zero-order valence-corrected chi connectivity index (χ0v) is 9.93. The van der Waals surface area contributed by atoms with Crippen LogP contribution >= 0.6 is 0 Å². The molecule has 84 valence electrons. The lowest BCUT2D eigenvalue weighted by Crippen LogP contribution is -1.81. The monoisotopic (exact) mass is 228 g/mol. The first-order chi connectivity index (χ1) is 8.93. The van der Waals surface area contributed by atoms with E-state index in [1.54, 1.807) is 0 Å². The Hall–Kier alpha value is -2.34. The maximum atomic E-state index is 3.45. The largest absolute Gasteiger partial charge is 0.0622 e. The van der Waals surface area contributed by atoms with Crippen molar-refractivity contribution in [1.82, 2.24) is 0 Å². The van der Waals surface area contributed by atoms with Gasteiger partial charge < -0.3 is 0 Å². The molecule has 0 saturated heterocycles. The summed E-state index contributed by atoms with van der Waals surface area (Å²) in [5.41, 5.74) is 4.51. The fourth-order valence-electron chi connectivity index (χ4n) is 1.97. The fraction of sp³-hybridized carbons (Fsp3) is 0. The molecule has 0 aliphatic heterocycles. The van der Waals surface area contributed by atoms with E-state index in [2.05, 4.69) is 36.4 Å². The van der Waals surface area contributed by atoms with Gasteiger partial charge in [0.25, 0.3) is 0 Å². The van der Waals surface area contributed by atoms with Crippen LogP contribution < -0.4 is 0 Å². The molecule has 0 amide bonds. The van der Waals surface area contributed by atoms with E-state index in [1.165, 1.54) is 11.1 Å². The van der Waals surface area contributed by atoms with E-state index in [0.29, 0.717) is 0 Å². The van der Waals surface area contributed by atoms with Crippen LogP contribution in [0.3, 0.4) is 0 Å². The van der Waals surface area contributed by atoms with Gasteiger partial charge in [0.2, 0.25) is 0 Å². The van der Waals surface area contributed by atoms with Gasteiger partial charge in [0.05, 0.1) is 0 Å². The van der Waals surface area contributed by atoms with Gasteiger partial charge in [-0.15, -0.1) is 0 Å². The van der Waals surface area contributed by atoms with Gasteiger partial charge in [0, 0.05) is 0 Å². The Morgan fingerprint density at radius 1 is 0.556 bits per heavy atom. The molecule has 2 radical (unpaired) electrons. The maximum absolute atomic E-state index is 3.45. The van der Waals surface area contributed by atoms with Gasteiger partial charge in [-0.3, -0.25) is 0 Å². The minimum absolute atomic E-state index is 1.08. The van der Waals surface area contributed by atoms with Crippen molar-refractivity contribution >= 4 is 0 Å². The van der Waals surface area contributed by atoms with Crippen LogP contribution in [-0.2, 0) is 0 Å². The Labute approximate surface area is 108 Å². The summed E-state index contributed by atoms with van der Waals surface area (Å²) >= 11 is 0.